The van der Waals surface area contributed by atoms with Gasteiger partial charge in [0.1, 0.15) is 5.17 Å². The molecule has 1 aromatic rings. The topological polar surface area (TPSA) is 89.9 Å². The second-order valence-electron chi connectivity index (χ2n) is 4.20. The van der Waals surface area contributed by atoms with Crippen molar-refractivity contribution in [3.63, 3.8) is 0 Å². The predicted molar refractivity (Wildman–Crippen MR) is 76.6 cm³/mol. The fraction of sp³-hybridized carbons (Fsp3) is 0.333. The smallest absolute Gasteiger partial charge is 0.358 e. The molecule has 2 rings (SSSR count). The molecule has 0 radical (unpaired) electrons. The van der Waals surface area contributed by atoms with Crippen LogP contribution in [0.25, 0.3) is 0 Å². The number of hydrogen-bond donors (Lipinski definition) is 1. The zero-order valence-electron chi connectivity index (χ0n) is 11.1. The first-order valence-corrected chi connectivity index (χ1v) is 6.62. The van der Waals surface area contributed by atoms with Crippen molar-refractivity contribution < 1.29 is 19.2 Å². The van der Waals surface area contributed by atoms with E-state index in [-0.39, 0.29) is 27.5 Å². The largest absolute Gasteiger partial charge is 0.464 e. The Morgan fingerprint density at radius 2 is 2.19 bits per heavy atom. The number of halogens is 2. The molecule has 0 aliphatic carbocycles. The van der Waals surface area contributed by atoms with Crippen LogP contribution < -0.4 is 5.32 Å². The highest BCUT2D eigenvalue weighted by Crippen LogP contribution is 2.33. The summed E-state index contributed by atoms with van der Waals surface area (Å²) in [6.45, 7) is 1.32. The third kappa shape index (κ3) is 3.43. The summed E-state index contributed by atoms with van der Waals surface area (Å²) in [5.74, 6) is -1.06. The number of anilines is 1. The standard InChI is InChI=1S/C12H11Cl2N3O4/c1-5(18)15-7-3-6(8-4-9(13)17-21-8)16-11(10(7)14)12(19)20-2/h3,8H,4H2,1-2H3,(H,15,16,18). The van der Waals surface area contributed by atoms with Crippen molar-refractivity contribution in [2.24, 2.45) is 5.16 Å². The van der Waals surface area contributed by atoms with Crippen LogP contribution in [0.4, 0.5) is 5.69 Å². The normalized spacial score (nSPS) is 17.0. The number of hydrogen-bond acceptors (Lipinski definition) is 6. The lowest BCUT2D eigenvalue weighted by Crippen LogP contribution is -2.14. The van der Waals surface area contributed by atoms with Crippen molar-refractivity contribution in [1.29, 1.82) is 0 Å². The summed E-state index contributed by atoms with van der Waals surface area (Å²) >= 11 is 11.8. The van der Waals surface area contributed by atoms with Gasteiger partial charge in [-0.2, -0.15) is 0 Å². The van der Waals surface area contributed by atoms with E-state index in [0.29, 0.717) is 12.1 Å². The highest BCUT2D eigenvalue weighted by molar-refractivity contribution is 6.65. The van der Waals surface area contributed by atoms with Gasteiger partial charge in [-0.25, -0.2) is 9.78 Å². The number of aromatic nitrogens is 1. The van der Waals surface area contributed by atoms with Crippen molar-refractivity contribution in [2.45, 2.75) is 19.4 Å². The molecule has 1 aliphatic heterocycles. The van der Waals surface area contributed by atoms with E-state index in [0.717, 1.165) is 0 Å². The lowest BCUT2D eigenvalue weighted by molar-refractivity contribution is -0.114. The Labute approximate surface area is 130 Å². The monoisotopic (exact) mass is 331 g/mol. The lowest BCUT2D eigenvalue weighted by Gasteiger charge is -2.13. The molecule has 1 aromatic heterocycles. The Morgan fingerprint density at radius 3 is 2.71 bits per heavy atom. The Bertz CT molecular complexity index is 633. The van der Waals surface area contributed by atoms with Gasteiger partial charge in [0.25, 0.3) is 0 Å². The maximum absolute atomic E-state index is 11.7. The third-order valence-corrected chi connectivity index (χ3v) is 3.24. The Morgan fingerprint density at radius 1 is 1.48 bits per heavy atom. The first kappa shape index (κ1) is 15.5. The number of esters is 1. The molecule has 0 fully saturated rings. The minimum Gasteiger partial charge on any atom is -0.464 e. The highest BCUT2D eigenvalue weighted by Gasteiger charge is 2.27. The molecular formula is C12H11Cl2N3O4. The van der Waals surface area contributed by atoms with Crippen LogP contribution in [0, 0.1) is 0 Å². The molecule has 0 saturated heterocycles. The molecular weight excluding hydrogens is 321 g/mol. The molecule has 1 atom stereocenters. The van der Waals surface area contributed by atoms with Crippen molar-refractivity contribution in [1.82, 2.24) is 4.98 Å². The summed E-state index contributed by atoms with van der Waals surface area (Å²) in [6.07, 6.45) is -0.235. The number of carbonyl (C=O) groups excluding carboxylic acids is 2. The summed E-state index contributed by atoms with van der Waals surface area (Å²) in [6, 6.07) is 1.51. The SMILES string of the molecule is COC(=O)c1nc(C2CC(Cl)=NO2)cc(NC(C)=O)c1Cl. The fourth-order valence-corrected chi connectivity index (χ4v) is 2.13. The van der Waals surface area contributed by atoms with Crippen LogP contribution in [0.15, 0.2) is 11.2 Å². The zero-order valence-corrected chi connectivity index (χ0v) is 12.7. The number of amides is 1. The summed E-state index contributed by atoms with van der Waals surface area (Å²) < 4.78 is 4.62. The molecule has 1 unspecified atom stereocenters. The van der Waals surface area contributed by atoms with Gasteiger partial charge in [0.2, 0.25) is 5.91 Å². The van der Waals surface area contributed by atoms with Gasteiger partial charge in [-0.15, -0.1) is 0 Å². The van der Waals surface area contributed by atoms with Gasteiger partial charge in [-0.1, -0.05) is 28.4 Å². The molecule has 1 aliphatic rings. The molecule has 0 spiro atoms. The van der Waals surface area contributed by atoms with E-state index in [1.165, 1.54) is 20.1 Å². The van der Waals surface area contributed by atoms with Gasteiger partial charge in [0.15, 0.2) is 11.8 Å². The first-order valence-electron chi connectivity index (χ1n) is 5.87. The fourth-order valence-electron chi connectivity index (χ4n) is 1.73. The summed E-state index contributed by atoms with van der Waals surface area (Å²) in [7, 11) is 1.21. The van der Waals surface area contributed by atoms with Gasteiger partial charge >= 0.3 is 5.97 Å². The molecule has 0 aromatic carbocycles. The molecule has 0 saturated carbocycles. The van der Waals surface area contributed by atoms with E-state index < -0.39 is 12.1 Å². The van der Waals surface area contributed by atoms with Crippen LogP contribution >= 0.6 is 23.2 Å². The molecule has 112 valence electrons. The molecule has 1 N–H and O–H groups in total. The maximum atomic E-state index is 11.7. The average Bonchev–Trinajstić information content (AvgIpc) is 2.86. The first-order chi connectivity index (χ1) is 9.92. The number of carbonyl (C=O) groups is 2. The van der Waals surface area contributed by atoms with E-state index >= 15 is 0 Å². The van der Waals surface area contributed by atoms with E-state index in [4.69, 9.17) is 28.0 Å². The molecule has 9 heteroatoms. The van der Waals surface area contributed by atoms with Gasteiger partial charge in [-0.05, 0) is 6.07 Å². The molecule has 7 nitrogen and oxygen atoms in total. The average molecular weight is 332 g/mol. The number of nitrogens with zero attached hydrogens (tertiary/aromatic N) is 2. The van der Waals surface area contributed by atoms with Crippen molar-refractivity contribution in [3.05, 3.63) is 22.5 Å². The molecule has 0 bridgehead atoms. The second-order valence-corrected chi connectivity index (χ2v) is 5.01. The molecule has 21 heavy (non-hydrogen) atoms. The lowest BCUT2D eigenvalue weighted by atomic mass is 10.1. The van der Waals surface area contributed by atoms with Crippen molar-refractivity contribution >= 4 is 45.9 Å². The summed E-state index contributed by atoms with van der Waals surface area (Å²) in [5.41, 5.74) is 0.483. The van der Waals surface area contributed by atoms with Gasteiger partial charge < -0.3 is 14.9 Å². The zero-order chi connectivity index (χ0) is 15.6. The minimum absolute atomic E-state index is 0.00851. The van der Waals surface area contributed by atoms with Crippen LogP contribution in [-0.4, -0.2) is 29.1 Å². The number of oxime groups is 1. The predicted octanol–water partition coefficient (Wildman–Crippen LogP) is 2.49. The Balaban J connectivity index is 2.45. The summed E-state index contributed by atoms with van der Waals surface area (Å²) in [5, 5.41) is 6.41. The molecule has 1 amide bonds. The van der Waals surface area contributed by atoms with E-state index in [1.54, 1.807) is 0 Å². The third-order valence-electron chi connectivity index (χ3n) is 2.63. The van der Waals surface area contributed by atoms with Gasteiger partial charge in [0.05, 0.1) is 23.5 Å². The van der Waals surface area contributed by atoms with Gasteiger partial charge in [-0.3, -0.25) is 4.79 Å². The number of methoxy groups -OCH3 is 1. The van der Waals surface area contributed by atoms with E-state index in [9.17, 15) is 9.59 Å². The van der Waals surface area contributed by atoms with E-state index in [1.807, 2.05) is 0 Å². The van der Waals surface area contributed by atoms with Crippen LogP contribution in [0.2, 0.25) is 5.02 Å². The quantitative estimate of drug-likeness (QED) is 0.859. The summed E-state index contributed by atoms with van der Waals surface area (Å²) in [4.78, 5) is 32.2. The Kier molecular flexibility index (Phi) is 4.64. The van der Waals surface area contributed by atoms with Crippen molar-refractivity contribution in [2.75, 3.05) is 12.4 Å². The number of nitrogens with one attached hydrogen (secondary N) is 1. The Hall–Kier alpha value is -1.86. The second kappa shape index (κ2) is 6.28. The van der Waals surface area contributed by atoms with Crippen LogP contribution in [-0.2, 0) is 14.4 Å². The highest BCUT2D eigenvalue weighted by atomic mass is 35.5. The number of ether oxygens (including phenoxy) is 1. The van der Waals surface area contributed by atoms with E-state index in [2.05, 4.69) is 20.2 Å². The number of pyridine rings is 1. The van der Waals surface area contributed by atoms with Crippen LogP contribution in [0.3, 0.4) is 0 Å². The minimum atomic E-state index is -0.724. The maximum Gasteiger partial charge on any atom is 0.358 e. The van der Waals surface area contributed by atoms with Gasteiger partial charge in [0, 0.05) is 13.3 Å². The number of rotatable bonds is 3. The van der Waals surface area contributed by atoms with Crippen molar-refractivity contribution in [3.8, 4) is 0 Å². The van der Waals surface area contributed by atoms with Crippen LogP contribution in [0.1, 0.15) is 35.6 Å². The molecule has 2 heterocycles. The van der Waals surface area contributed by atoms with Crippen LogP contribution in [0.5, 0.6) is 0 Å².